The van der Waals surface area contributed by atoms with Gasteiger partial charge in [0.05, 0.1) is 19.8 Å². The highest BCUT2D eigenvalue weighted by Gasteiger charge is 2.08. The first-order chi connectivity index (χ1) is 7.69. The predicted molar refractivity (Wildman–Crippen MR) is 57.1 cm³/mol. The maximum atomic E-state index is 11.6. The van der Waals surface area contributed by atoms with Crippen LogP contribution in [0, 0.1) is 11.8 Å². The summed E-state index contributed by atoms with van der Waals surface area (Å²) in [5.41, 5.74) is 0.321. The van der Waals surface area contributed by atoms with Crippen molar-refractivity contribution in [3.8, 4) is 17.6 Å². The zero-order chi connectivity index (χ0) is 12.0. The van der Waals surface area contributed by atoms with Crippen molar-refractivity contribution in [2.24, 2.45) is 0 Å². The molecular formula is C12H10O4. The van der Waals surface area contributed by atoms with Gasteiger partial charge in [-0.15, -0.1) is 0 Å². The fourth-order valence-corrected chi connectivity index (χ4v) is 1.06. The molecule has 16 heavy (non-hydrogen) atoms. The molecule has 0 radical (unpaired) electrons. The topological polar surface area (TPSA) is 52.6 Å². The summed E-state index contributed by atoms with van der Waals surface area (Å²) in [4.78, 5) is 22.3. The average molecular weight is 218 g/mol. The highest BCUT2D eigenvalue weighted by Crippen LogP contribution is 2.17. The van der Waals surface area contributed by atoms with Crippen LogP contribution in [0.25, 0.3) is 0 Å². The average Bonchev–Trinajstić information content (AvgIpc) is 2.35. The van der Waals surface area contributed by atoms with E-state index in [4.69, 9.17) is 4.74 Å². The highest BCUT2D eigenvalue weighted by atomic mass is 16.5. The molecule has 4 nitrogen and oxygen atoms in total. The van der Waals surface area contributed by atoms with E-state index in [1.807, 2.05) is 0 Å². The summed E-state index contributed by atoms with van der Waals surface area (Å²) in [6.45, 7) is 0. The van der Waals surface area contributed by atoms with Gasteiger partial charge in [-0.05, 0) is 18.1 Å². The molecule has 0 aromatic heterocycles. The Bertz CT molecular complexity index is 465. The quantitative estimate of drug-likeness (QED) is 0.245. The Kier molecular flexibility index (Phi) is 4.10. The van der Waals surface area contributed by atoms with Crippen molar-refractivity contribution >= 4 is 11.8 Å². The maximum absolute atomic E-state index is 11.6. The Hall–Kier alpha value is -2.28. The van der Waals surface area contributed by atoms with Crippen LogP contribution in [0.2, 0.25) is 0 Å². The van der Waals surface area contributed by atoms with Crippen molar-refractivity contribution in [1.82, 2.24) is 0 Å². The number of esters is 1. The summed E-state index contributed by atoms with van der Waals surface area (Å²) in [7, 11) is 2.66. The standard InChI is InChI=1S/C12H10O4/c1-15-11-6-4-3-5-9(11)10(13)7-8-12(14)16-2/h3-6H,1-2H3. The number of ether oxygens (including phenoxy) is 2. The van der Waals surface area contributed by atoms with E-state index < -0.39 is 11.8 Å². The molecule has 0 fully saturated rings. The maximum Gasteiger partial charge on any atom is 0.384 e. The monoisotopic (exact) mass is 218 g/mol. The van der Waals surface area contributed by atoms with Crippen molar-refractivity contribution < 1.29 is 19.1 Å². The molecule has 0 atom stereocenters. The Morgan fingerprint density at radius 3 is 2.44 bits per heavy atom. The van der Waals surface area contributed by atoms with E-state index in [0.29, 0.717) is 11.3 Å². The molecule has 0 saturated heterocycles. The van der Waals surface area contributed by atoms with Crippen LogP contribution in [-0.2, 0) is 9.53 Å². The van der Waals surface area contributed by atoms with E-state index in [1.54, 1.807) is 24.3 Å². The number of para-hydroxylation sites is 1. The normalized spacial score (nSPS) is 8.62. The molecule has 0 saturated carbocycles. The molecule has 0 amide bonds. The third-order valence-corrected chi connectivity index (χ3v) is 1.82. The van der Waals surface area contributed by atoms with Crippen molar-refractivity contribution in [2.75, 3.05) is 14.2 Å². The minimum Gasteiger partial charge on any atom is -0.496 e. The van der Waals surface area contributed by atoms with Gasteiger partial charge in [0, 0.05) is 5.92 Å². The van der Waals surface area contributed by atoms with E-state index in [-0.39, 0.29) is 0 Å². The van der Waals surface area contributed by atoms with Gasteiger partial charge in [0.15, 0.2) is 0 Å². The zero-order valence-electron chi connectivity index (χ0n) is 8.94. The van der Waals surface area contributed by atoms with Crippen molar-refractivity contribution in [2.45, 2.75) is 0 Å². The molecule has 0 aliphatic carbocycles. The van der Waals surface area contributed by atoms with E-state index in [2.05, 4.69) is 16.6 Å². The zero-order valence-corrected chi connectivity index (χ0v) is 8.94. The first-order valence-electron chi connectivity index (χ1n) is 4.46. The molecule has 0 aliphatic rings. The van der Waals surface area contributed by atoms with E-state index in [9.17, 15) is 9.59 Å². The molecule has 1 aromatic carbocycles. The second-order valence-electron chi connectivity index (χ2n) is 2.77. The molecule has 0 aliphatic heterocycles. The van der Waals surface area contributed by atoms with Gasteiger partial charge >= 0.3 is 5.97 Å². The SMILES string of the molecule is COC(=O)C#CC(=O)c1ccccc1OC. The fourth-order valence-electron chi connectivity index (χ4n) is 1.06. The van der Waals surface area contributed by atoms with Crippen molar-refractivity contribution in [1.29, 1.82) is 0 Å². The van der Waals surface area contributed by atoms with E-state index in [0.717, 1.165) is 0 Å². The number of ketones is 1. The molecular weight excluding hydrogens is 208 g/mol. The smallest absolute Gasteiger partial charge is 0.384 e. The lowest BCUT2D eigenvalue weighted by atomic mass is 10.1. The summed E-state index contributed by atoms with van der Waals surface area (Å²) >= 11 is 0. The Balaban J connectivity index is 2.95. The van der Waals surface area contributed by atoms with Crippen LogP contribution in [-0.4, -0.2) is 26.0 Å². The molecule has 1 aromatic rings. The number of rotatable bonds is 2. The number of Topliss-reactive ketones (excluding diaryl/α,β-unsaturated/α-hetero) is 1. The van der Waals surface area contributed by atoms with Gasteiger partial charge in [-0.3, -0.25) is 4.79 Å². The molecule has 0 spiro atoms. The van der Waals surface area contributed by atoms with E-state index in [1.165, 1.54) is 14.2 Å². The van der Waals surface area contributed by atoms with Crippen LogP contribution >= 0.6 is 0 Å². The van der Waals surface area contributed by atoms with E-state index >= 15 is 0 Å². The molecule has 82 valence electrons. The largest absolute Gasteiger partial charge is 0.496 e. The van der Waals surface area contributed by atoms with Crippen LogP contribution in [0.1, 0.15) is 10.4 Å². The van der Waals surface area contributed by atoms with Gasteiger partial charge in [0.25, 0.3) is 0 Å². The number of carbonyl (C=O) groups is 2. The van der Waals surface area contributed by atoms with Gasteiger partial charge in [0.2, 0.25) is 5.78 Å². The summed E-state index contributed by atoms with van der Waals surface area (Å²) in [6, 6.07) is 6.65. The molecule has 0 bridgehead atoms. The Morgan fingerprint density at radius 2 is 1.81 bits per heavy atom. The van der Waals surface area contributed by atoms with Gasteiger partial charge in [-0.1, -0.05) is 12.1 Å². The lowest BCUT2D eigenvalue weighted by molar-refractivity contribution is -0.133. The fraction of sp³-hybridized carbons (Fsp3) is 0.167. The van der Waals surface area contributed by atoms with Crippen molar-refractivity contribution in [3.63, 3.8) is 0 Å². The summed E-state index contributed by atoms with van der Waals surface area (Å²) in [6.07, 6.45) is 0. The highest BCUT2D eigenvalue weighted by molar-refractivity contribution is 6.13. The molecule has 0 unspecified atom stereocenters. The van der Waals surface area contributed by atoms with Gasteiger partial charge in [-0.2, -0.15) is 0 Å². The van der Waals surface area contributed by atoms with Crippen LogP contribution in [0.3, 0.4) is 0 Å². The van der Waals surface area contributed by atoms with Crippen LogP contribution in [0.4, 0.5) is 0 Å². The lowest BCUT2D eigenvalue weighted by Gasteiger charge is -2.02. The van der Waals surface area contributed by atoms with Crippen LogP contribution in [0.15, 0.2) is 24.3 Å². The third-order valence-electron chi connectivity index (χ3n) is 1.82. The summed E-state index contributed by atoms with van der Waals surface area (Å²) < 4.78 is 9.29. The van der Waals surface area contributed by atoms with Gasteiger partial charge in [-0.25, -0.2) is 4.79 Å². The minimum absolute atomic E-state index is 0.321. The Labute approximate surface area is 93.2 Å². The second-order valence-corrected chi connectivity index (χ2v) is 2.77. The summed E-state index contributed by atoms with van der Waals surface area (Å²) in [5, 5.41) is 0. The van der Waals surface area contributed by atoms with Crippen LogP contribution < -0.4 is 4.74 Å². The minimum atomic E-state index is -0.747. The van der Waals surface area contributed by atoms with Gasteiger partial charge in [0.1, 0.15) is 5.75 Å². The number of hydrogen-bond acceptors (Lipinski definition) is 4. The second kappa shape index (κ2) is 5.56. The molecule has 0 heterocycles. The number of benzene rings is 1. The van der Waals surface area contributed by atoms with Crippen molar-refractivity contribution in [3.05, 3.63) is 29.8 Å². The van der Waals surface area contributed by atoms with Gasteiger partial charge < -0.3 is 9.47 Å². The molecule has 1 rings (SSSR count). The number of carbonyl (C=O) groups excluding carboxylic acids is 2. The van der Waals surface area contributed by atoms with Crippen LogP contribution in [0.5, 0.6) is 5.75 Å². The summed E-state index contributed by atoms with van der Waals surface area (Å²) in [5.74, 6) is 3.44. The predicted octanol–water partition coefficient (Wildman–Crippen LogP) is 1.05. The number of hydrogen-bond donors (Lipinski definition) is 0. The molecule has 4 heteroatoms. The first-order valence-corrected chi connectivity index (χ1v) is 4.46. The lowest BCUT2D eigenvalue weighted by Crippen LogP contribution is -2.01. The molecule has 0 N–H and O–H groups in total. The Morgan fingerprint density at radius 1 is 1.12 bits per heavy atom. The first kappa shape index (κ1) is 11.8. The number of methoxy groups -OCH3 is 2. The third kappa shape index (κ3) is 2.85.